The van der Waals surface area contributed by atoms with Crippen LogP contribution in [0.2, 0.25) is 5.15 Å². The molecule has 0 spiro atoms. The molecule has 0 aliphatic carbocycles. The summed E-state index contributed by atoms with van der Waals surface area (Å²) in [6, 6.07) is 2.04. The minimum atomic E-state index is -4.59. The Hall–Kier alpha value is -2.40. The molecule has 0 bridgehead atoms. The third-order valence-electron chi connectivity index (χ3n) is 4.29. The molecule has 0 fully saturated rings. The van der Waals surface area contributed by atoms with Gasteiger partial charge in [0.25, 0.3) is 5.56 Å². The second-order valence-electron chi connectivity index (χ2n) is 6.29. The molecule has 0 unspecified atom stereocenters. The lowest BCUT2D eigenvalue weighted by Gasteiger charge is -2.13. The third-order valence-corrected chi connectivity index (χ3v) is 5.59. The van der Waals surface area contributed by atoms with Gasteiger partial charge >= 0.3 is 6.18 Å². The van der Waals surface area contributed by atoms with Gasteiger partial charge in [0.15, 0.2) is 10.7 Å². The van der Waals surface area contributed by atoms with Crippen molar-refractivity contribution in [1.82, 2.24) is 24.2 Å². The van der Waals surface area contributed by atoms with Crippen LogP contribution in [0.3, 0.4) is 0 Å². The summed E-state index contributed by atoms with van der Waals surface area (Å²) in [6.45, 7) is 3.04. The Labute approximate surface area is 165 Å². The van der Waals surface area contributed by atoms with E-state index in [4.69, 9.17) is 11.6 Å². The minimum Gasteiger partial charge on any atom is -0.291 e. The molecule has 0 aromatic carbocycles. The van der Waals surface area contributed by atoms with Gasteiger partial charge in [0.05, 0.1) is 24.5 Å². The molecule has 4 rings (SSSR count). The van der Waals surface area contributed by atoms with Crippen molar-refractivity contribution in [3.8, 4) is 0 Å². The average molecular weight is 431 g/mol. The fraction of sp³-hybridized carbons (Fsp3) is 0.375. The summed E-state index contributed by atoms with van der Waals surface area (Å²) in [5.41, 5.74) is -0.298. The SMILES string of the molecule is Cc1sc2nc(Cn3nc(C(F)(F)F)cc3Cl)cc(=O)n2c1CN1CCC=N1. The van der Waals surface area contributed by atoms with Crippen LogP contribution in [0.1, 0.15) is 28.4 Å². The Kier molecular flexibility index (Phi) is 4.66. The molecule has 0 atom stereocenters. The Morgan fingerprint density at radius 1 is 1.29 bits per heavy atom. The molecule has 148 valence electrons. The number of aromatic nitrogens is 4. The summed E-state index contributed by atoms with van der Waals surface area (Å²) >= 11 is 7.20. The topological polar surface area (TPSA) is 67.8 Å². The normalized spacial score (nSPS) is 14.5. The first-order chi connectivity index (χ1) is 13.2. The number of rotatable bonds is 4. The molecule has 1 aliphatic rings. The number of halogens is 4. The molecule has 3 aromatic rings. The molecule has 0 radical (unpaired) electrons. The van der Waals surface area contributed by atoms with Gasteiger partial charge in [-0.25, -0.2) is 9.67 Å². The van der Waals surface area contributed by atoms with E-state index in [2.05, 4.69) is 15.2 Å². The number of hydrogen-bond acceptors (Lipinski definition) is 6. The van der Waals surface area contributed by atoms with E-state index < -0.39 is 11.9 Å². The molecule has 1 aliphatic heterocycles. The Bertz CT molecular complexity index is 1130. The van der Waals surface area contributed by atoms with Crippen molar-refractivity contribution in [1.29, 1.82) is 0 Å². The van der Waals surface area contributed by atoms with E-state index in [1.54, 1.807) is 0 Å². The maximum absolute atomic E-state index is 12.8. The van der Waals surface area contributed by atoms with Gasteiger partial charge in [0, 0.05) is 36.2 Å². The van der Waals surface area contributed by atoms with E-state index in [1.165, 1.54) is 21.8 Å². The molecule has 12 heteroatoms. The second kappa shape index (κ2) is 6.89. The summed E-state index contributed by atoms with van der Waals surface area (Å²) in [5, 5.41) is 9.42. The zero-order chi connectivity index (χ0) is 20.1. The summed E-state index contributed by atoms with van der Waals surface area (Å²) in [7, 11) is 0. The van der Waals surface area contributed by atoms with Gasteiger partial charge in [-0.2, -0.15) is 23.4 Å². The number of aryl methyl sites for hydroxylation is 1. The maximum atomic E-state index is 12.8. The summed E-state index contributed by atoms with van der Waals surface area (Å²) in [5.74, 6) is 0. The predicted molar refractivity (Wildman–Crippen MR) is 98.9 cm³/mol. The highest BCUT2D eigenvalue weighted by molar-refractivity contribution is 7.17. The van der Waals surface area contributed by atoms with E-state index in [0.29, 0.717) is 11.5 Å². The van der Waals surface area contributed by atoms with Crippen LogP contribution in [0, 0.1) is 6.92 Å². The highest BCUT2D eigenvalue weighted by Crippen LogP contribution is 2.30. The first kappa shape index (κ1) is 18.9. The number of nitrogens with zero attached hydrogens (tertiary/aromatic N) is 6. The zero-order valence-electron chi connectivity index (χ0n) is 14.6. The van der Waals surface area contributed by atoms with Gasteiger partial charge in [-0.1, -0.05) is 11.6 Å². The number of hydrazone groups is 1. The Morgan fingerprint density at radius 2 is 2.07 bits per heavy atom. The fourth-order valence-corrected chi connectivity index (χ4v) is 4.17. The van der Waals surface area contributed by atoms with Gasteiger partial charge in [-0.15, -0.1) is 11.3 Å². The summed E-state index contributed by atoms with van der Waals surface area (Å²) < 4.78 is 40.9. The van der Waals surface area contributed by atoms with Crippen LogP contribution >= 0.6 is 22.9 Å². The minimum absolute atomic E-state index is 0.136. The smallest absolute Gasteiger partial charge is 0.291 e. The molecule has 0 saturated carbocycles. The van der Waals surface area contributed by atoms with Crippen LogP contribution in [0.15, 0.2) is 22.0 Å². The highest BCUT2D eigenvalue weighted by Gasteiger charge is 2.34. The standard InChI is InChI=1S/C16H14ClF3N6OS/c1-9-11(8-24-4-2-3-21-24)26-14(27)5-10(22-15(26)28-9)7-25-13(17)6-12(23-25)16(18,19)20/h3,5-6H,2,4,7-8H2,1H3. The monoisotopic (exact) mass is 430 g/mol. The van der Waals surface area contributed by atoms with E-state index in [1.807, 2.05) is 18.1 Å². The van der Waals surface area contributed by atoms with Crippen molar-refractivity contribution < 1.29 is 13.2 Å². The van der Waals surface area contributed by atoms with E-state index in [-0.39, 0.29) is 23.0 Å². The third kappa shape index (κ3) is 3.51. The van der Waals surface area contributed by atoms with Crippen LogP contribution in [-0.4, -0.2) is 36.9 Å². The largest absolute Gasteiger partial charge is 0.435 e. The molecule has 4 heterocycles. The quantitative estimate of drug-likeness (QED) is 0.637. The number of fused-ring (bicyclic) bond motifs is 1. The average Bonchev–Trinajstić information content (AvgIpc) is 3.29. The molecule has 28 heavy (non-hydrogen) atoms. The van der Waals surface area contributed by atoms with Crippen LogP contribution < -0.4 is 5.56 Å². The number of thiazole rings is 1. The summed E-state index contributed by atoms with van der Waals surface area (Å²) in [4.78, 5) is 18.5. The molecule has 7 nitrogen and oxygen atoms in total. The van der Waals surface area contributed by atoms with Crippen molar-refractivity contribution in [2.75, 3.05) is 6.54 Å². The van der Waals surface area contributed by atoms with Gasteiger partial charge in [-0.3, -0.25) is 14.2 Å². The first-order valence-corrected chi connectivity index (χ1v) is 9.50. The number of hydrogen-bond donors (Lipinski definition) is 0. The molecule has 0 saturated heterocycles. The Morgan fingerprint density at radius 3 is 2.71 bits per heavy atom. The molecule has 0 amide bonds. The highest BCUT2D eigenvalue weighted by atomic mass is 35.5. The van der Waals surface area contributed by atoms with Gasteiger partial charge in [0.1, 0.15) is 5.15 Å². The van der Waals surface area contributed by atoms with E-state index in [0.717, 1.165) is 34.3 Å². The van der Waals surface area contributed by atoms with Crippen molar-refractivity contribution in [2.24, 2.45) is 5.10 Å². The Balaban J connectivity index is 1.68. The lowest BCUT2D eigenvalue weighted by atomic mass is 10.3. The molecule has 0 N–H and O–H groups in total. The van der Waals surface area contributed by atoms with E-state index in [9.17, 15) is 18.0 Å². The summed E-state index contributed by atoms with van der Waals surface area (Å²) in [6.07, 6.45) is -1.90. The lowest BCUT2D eigenvalue weighted by Crippen LogP contribution is -2.22. The van der Waals surface area contributed by atoms with Crippen molar-refractivity contribution in [3.63, 3.8) is 0 Å². The zero-order valence-corrected chi connectivity index (χ0v) is 16.1. The fourth-order valence-electron chi connectivity index (χ4n) is 2.97. The second-order valence-corrected chi connectivity index (χ2v) is 7.86. The van der Waals surface area contributed by atoms with Gasteiger partial charge < -0.3 is 0 Å². The van der Waals surface area contributed by atoms with Crippen LogP contribution in [-0.2, 0) is 19.3 Å². The van der Waals surface area contributed by atoms with E-state index >= 15 is 0 Å². The van der Waals surface area contributed by atoms with Gasteiger partial charge in [0.2, 0.25) is 0 Å². The van der Waals surface area contributed by atoms with Crippen molar-refractivity contribution >= 4 is 34.1 Å². The molecule has 3 aromatic heterocycles. The van der Waals surface area contributed by atoms with Gasteiger partial charge in [-0.05, 0) is 6.92 Å². The molecular formula is C16H14ClF3N6OS. The first-order valence-electron chi connectivity index (χ1n) is 8.31. The maximum Gasteiger partial charge on any atom is 0.435 e. The molecular weight excluding hydrogens is 417 g/mol. The van der Waals surface area contributed by atoms with Crippen LogP contribution in [0.5, 0.6) is 0 Å². The van der Waals surface area contributed by atoms with Crippen molar-refractivity contribution in [3.05, 3.63) is 49.6 Å². The van der Waals surface area contributed by atoms with Crippen LogP contribution in [0.25, 0.3) is 4.96 Å². The number of alkyl halides is 3. The lowest BCUT2D eigenvalue weighted by molar-refractivity contribution is -0.141. The van der Waals surface area contributed by atoms with Crippen molar-refractivity contribution in [2.45, 2.75) is 32.6 Å². The predicted octanol–water partition coefficient (Wildman–Crippen LogP) is 3.17. The van der Waals surface area contributed by atoms with Crippen LogP contribution in [0.4, 0.5) is 13.2 Å².